The molecule has 0 fully saturated rings. The molecule has 0 spiro atoms. The summed E-state index contributed by atoms with van der Waals surface area (Å²) < 4.78 is 2.23. The third-order valence-corrected chi connectivity index (χ3v) is 8.14. The van der Waals surface area contributed by atoms with E-state index in [0.29, 0.717) is 0 Å². The lowest BCUT2D eigenvalue weighted by Crippen LogP contribution is -2.02. The van der Waals surface area contributed by atoms with Gasteiger partial charge in [-0.2, -0.15) is 0 Å². The van der Waals surface area contributed by atoms with Crippen LogP contribution >= 0.6 is 31.9 Å². The van der Waals surface area contributed by atoms with Crippen LogP contribution in [0.15, 0.2) is 26.7 Å². The summed E-state index contributed by atoms with van der Waals surface area (Å²) in [4.78, 5) is 13.3. The van der Waals surface area contributed by atoms with Crippen LogP contribution in [0.25, 0.3) is 5.57 Å². The molecular weight excluding hydrogens is 440 g/mol. The number of hydrogen-bond acceptors (Lipinski definition) is 1. The predicted octanol–water partition coefficient (Wildman–Crippen LogP) is 6.58. The molecule has 1 nitrogen and oxygen atoms in total. The van der Waals surface area contributed by atoms with Gasteiger partial charge >= 0.3 is 0 Å². The Labute approximate surface area is 165 Å². The first-order chi connectivity index (χ1) is 11.8. The van der Waals surface area contributed by atoms with Gasteiger partial charge in [0.05, 0.1) is 0 Å². The summed E-state index contributed by atoms with van der Waals surface area (Å²) >= 11 is 7.37. The van der Waals surface area contributed by atoms with E-state index in [2.05, 4.69) is 71.7 Å². The van der Waals surface area contributed by atoms with Crippen LogP contribution in [0.5, 0.6) is 0 Å². The predicted molar refractivity (Wildman–Crippen MR) is 111 cm³/mol. The maximum Gasteiger partial charge on any atom is 0.190 e. The van der Waals surface area contributed by atoms with Crippen LogP contribution in [0.2, 0.25) is 0 Å². The van der Waals surface area contributed by atoms with Gasteiger partial charge in [0, 0.05) is 26.5 Å². The highest BCUT2D eigenvalue weighted by Gasteiger charge is 2.33. The van der Waals surface area contributed by atoms with Gasteiger partial charge in [-0.3, -0.25) is 4.79 Å². The third-order valence-electron chi connectivity index (χ3n) is 5.70. The van der Waals surface area contributed by atoms with Crippen molar-refractivity contribution >= 4 is 43.2 Å². The number of carbonyl (C=O) groups excluding carboxylic acids is 1. The van der Waals surface area contributed by atoms with Crippen LogP contribution < -0.4 is 0 Å². The molecular formula is C22H20Br2O. The molecule has 3 heteroatoms. The minimum Gasteiger partial charge on any atom is -0.289 e. The summed E-state index contributed by atoms with van der Waals surface area (Å²) in [7, 11) is 0. The molecule has 0 aliphatic heterocycles. The monoisotopic (exact) mass is 458 g/mol. The number of Topliss-reactive ketones (excluding diaryl/α,β-unsaturated/α-hetero) is 1. The number of hydrogen-bond donors (Lipinski definition) is 0. The molecule has 0 atom stereocenters. The second-order valence-electron chi connectivity index (χ2n) is 7.30. The van der Waals surface area contributed by atoms with Crippen LogP contribution in [0.3, 0.4) is 0 Å². The van der Waals surface area contributed by atoms with Gasteiger partial charge in [-0.1, -0.05) is 44.0 Å². The lowest BCUT2D eigenvalue weighted by Gasteiger charge is -2.13. The molecule has 0 bridgehead atoms. The quantitative estimate of drug-likeness (QED) is 0.406. The summed E-state index contributed by atoms with van der Waals surface area (Å²) in [6.07, 6.45) is 2.78. The SMILES string of the molecule is Cc1cc2c(c(C)c1Br)C(=O)C(=C1CCc3cc(C)c(Br)c(C)c31)C2. The smallest absolute Gasteiger partial charge is 0.190 e. The van der Waals surface area contributed by atoms with Crippen LogP contribution in [0, 0.1) is 27.7 Å². The van der Waals surface area contributed by atoms with Gasteiger partial charge < -0.3 is 0 Å². The molecule has 25 heavy (non-hydrogen) atoms. The van der Waals surface area contributed by atoms with Crippen molar-refractivity contribution in [3.63, 3.8) is 0 Å². The van der Waals surface area contributed by atoms with Gasteiger partial charge in [-0.15, -0.1) is 0 Å². The van der Waals surface area contributed by atoms with E-state index in [4.69, 9.17) is 0 Å². The first-order valence-electron chi connectivity index (χ1n) is 8.65. The molecule has 128 valence electrons. The van der Waals surface area contributed by atoms with E-state index in [-0.39, 0.29) is 5.78 Å². The van der Waals surface area contributed by atoms with Crippen LogP contribution in [-0.4, -0.2) is 5.78 Å². The Hall–Kier alpha value is -1.19. The molecule has 0 unspecified atom stereocenters. The Morgan fingerprint density at radius 1 is 0.760 bits per heavy atom. The van der Waals surface area contributed by atoms with E-state index >= 15 is 0 Å². The summed E-state index contributed by atoms with van der Waals surface area (Å²) in [5.41, 5.74) is 11.9. The van der Waals surface area contributed by atoms with Crippen LogP contribution in [0.1, 0.15) is 55.7 Å². The number of fused-ring (bicyclic) bond motifs is 2. The van der Waals surface area contributed by atoms with Crippen LogP contribution in [0.4, 0.5) is 0 Å². The minimum atomic E-state index is 0.229. The van der Waals surface area contributed by atoms with Gasteiger partial charge in [0.25, 0.3) is 0 Å². The van der Waals surface area contributed by atoms with Crippen molar-refractivity contribution in [3.05, 3.63) is 71.2 Å². The molecule has 0 N–H and O–H groups in total. The van der Waals surface area contributed by atoms with Crippen molar-refractivity contribution in [2.45, 2.75) is 47.0 Å². The molecule has 2 aliphatic rings. The standard InChI is InChI=1S/C22H20Br2O/c1-10-7-14-5-6-16(18(14)12(3)20(10)23)17-9-15-8-11(2)21(24)13(4)19(15)22(17)25/h7-8H,5-6,9H2,1-4H3. The number of carbonyl (C=O) groups is 1. The molecule has 2 aromatic rings. The number of allylic oxidation sites excluding steroid dienone is 2. The lowest BCUT2D eigenvalue weighted by atomic mass is 9.94. The fourth-order valence-electron chi connectivity index (χ4n) is 4.51. The summed E-state index contributed by atoms with van der Waals surface area (Å²) in [6, 6.07) is 4.45. The first-order valence-corrected chi connectivity index (χ1v) is 10.2. The average molecular weight is 460 g/mol. The Balaban J connectivity index is 1.93. The van der Waals surface area contributed by atoms with E-state index in [1.165, 1.54) is 43.4 Å². The summed E-state index contributed by atoms with van der Waals surface area (Å²) in [5, 5.41) is 0. The van der Waals surface area contributed by atoms with E-state index in [0.717, 1.165) is 40.4 Å². The van der Waals surface area contributed by atoms with Crippen molar-refractivity contribution in [2.24, 2.45) is 0 Å². The zero-order valence-electron chi connectivity index (χ0n) is 14.9. The van der Waals surface area contributed by atoms with Gasteiger partial charge in [0.15, 0.2) is 5.78 Å². The van der Waals surface area contributed by atoms with Crippen molar-refractivity contribution in [2.75, 3.05) is 0 Å². The molecule has 0 saturated heterocycles. The largest absolute Gasteiger partial charge is 0.289 e. The minimum absolute atomic E-state index is 0.229. The van der Waals surface area contributed by atoms with Gasteiger partial charge in [-0.05, 0) is 85.1 Å². The second kappa shape index (κ2) is 5.92. The normalized spacial score (nSPS) is 18.7. The number of aryl methyl sites for hydroxylation is 3. The topological polar surface area (TPSA) is 17.1 Å². The third kappa shape index (κ3) is 2.43. The number of halogens is 2. The molecule has 2 aromatic carbocycles. The highest BCUT2D eigenvalue weighted by Crippen LogP contribution is 2.45. The zero-order chi connectivity index (χ0) is 18.0. The van der Waals surface area contributed by atoms with E-state index in [1.807, 2.05) is 0 Å². The number of rotatable bonds is 0. The fourth-order valence-corrected chi connectivity index (χ4v) is 5.14. The maximum absolute atomic E-state index is 13.3. The zero-order valence-corrected chi connectivity index (χ0v) is 18.1. The first kappa shape index (κ1) is 17.2. The Kier molecular flexibility index (Phi) is 4.08. The lowest BCUT2D eigenvalue weighted by molar-refractivity contribution is 0.103. The van der Waals surface area contributed by atoms with Crippen molar-refractivity contribution in [3.8, 4) is 0 Å². The number of ketones is 1. The highest BCUT2D eigenvalue weighted by atomic mass is 79.9. The van der Waals surface area contributed by atoms with Gasteiger partial charge in [-0.25, -0.2) is 0 Å². The highest BCUT2D eigenvalue weighted by molar-refractivity contribution is 9.10. The Bertz CT molecular complexity index is 996. The van der Waals surface area contributed by atoms with E-state index in [9.17, 15) is 4.79 Å². The molecule has 0 heterocycles. The maximum atomic E-state index is 13.3. The van der Waals surface area contributed by atoms with E-state index < -0.39 is 0 Å². The molecule has 0 radical (unpaired) electrons. The summed E-state index contributed by atoms with van der Waals surface area (Å²) in [6.45, 7) is 8.46. The van der Waals surface area contributed by atoms with Crippen molar-refractivity contribution in [1.29, 1.82) is 0 Å². The summed E-state index contributed by atoms with van der Waals surface area (Å²) in [5.74, 6) is 0.229. The molecule has 2 aliphatic carbocycles. The second-order valence-corrected chi connectivity index (χ2v) is 8.88. The molecule has 0 saturated carbocycles. The van der Waals surface area contributed by atoms with Crippen LogP contribution in [-0.2, 0) is 12.8 Å². The average Bonchev–Trinajstić information content (AvgIpc) is 3.11. The van der Waals surface area contributed by atoms with Gasteiger partial charge in [0.1, 0.15) is 0 Å². The van der Waals surface area contributed by atoms with Crippen molar-refractivity contribution < 1.29 is 4.79 Å². The van der Waals surface area contributed by atoms with E-state index in [1.54, 1.807) is 0 Å². The fraction of sp³-hybridized carbons (Fsp3) is 0.318. The Morgan fingerprint density at radius 2 is 1.32 bits per heavy atom. The molecule has 0 aromatic heterocycles. The molecule has 0 amide bonds. The number of benzene rings is 2. The Morgan fingerprint density at radius 3 is 1.96 bits per heavy atom. The molecule has 4 rings (SSSR count). The van der Waals surface area contributed by atoms with Crippen molar-refractivity contribution in [1.82, 2.24) is 0 Å². The van der Waals surface area contributed by atoms with Gasteiger partial charge in [0.2, 0.25) is 0 Å².